The van der Waals surface area contributed by atoms with Crippen molar-refractivity contribution in [3.63, 3.8) is 0 Å². The predicted octanol–water partition coefficient (Wildman–Crippen LogP) is 5.31. The lowest BCUT2D eigenvalue weighted by Gasteiger charge is -2.20. The van der Waals surface area contributed by atoms with Gasteiger partial charge in [-0.1, -0.05) is 23.7 Å². The summed E-state index contributed by atoms with van der Waals surface area (Å²) in [4.78, 5) is 21.1. The molecule has 1 aliphatic rings. The molecule has 33 heavy (non-hydrogen) atoms. The summed E-state index contributed by atoms with van der Waals surface area (Å²) in [5, 5.41) is 3.30. The van der Waals surface area contributed by atoms with E-state index in [9.17, 15) is 4.79 Å². The van der Waals surface area contributed by atoms with E-state index in [1.807, 2.05) is 55.4 Å². The zero-order valence-corrected chi connectivity index (χ0v) is 19.5. The Hall–Kier alpha value is -3.29. The van der Waals surface area contributed by atoms with Gasteiger partial charge < -0.3 is 19.3 Å². The van der Waals surface area contributed by atoms with Crippen molar-refractivity contribution in [2.24, 2.45) is 0 Å². The first-order chi connectivity index (χ1) is 16.0. The van der Waals surface area contributed by atoms with E-state index in [4.69, 9.17) is 21.1 Å². The molecular weight excluding hydrogens is 440 g/mol. The van der Waals surface area contributed by atoms with Crippen molar-refractivity contribution in [1.29, 1.82) is 0 Å². The minimum atomic E-state index is -0.594. The minimum absolute atomic E-state index is 0.401. The van der Waals surface area contributed by atoms with E-state index in [1.165, 1.54) is 0 Å². The van der Waals surface area contributed by atoms with E-state index in [0.717, 1.165) is 48.7 Å². The normalized spacial score (nSPS) is 13.8. The largest absolute Gasteiger partial charge is 0.417 e. The first-order valence-corrected chi connectivity index (χ1v) is 11.2. The van der Waals surface area contributed by atoms with Gasteiger partial charge in [0.1, 0.15) is 11.6 Å². The minimum Gasteiger partial charge on any atom is -0.410 e. The Bertz CT molecular complexity index is 1080. The Morgan fingerprint density at radius 3 is 2.64 bits per heavy atom. The Balaban J connectivity index is 1.40. The van der Waals surface area contributed by atoms with Gasteiger partial charge in [-0.05, 0) is 54.4 Å². The zero-order valence-electron chi connectivity index (χ0n) is 18.8. The second kappa shape index (κ2) is 10.6. The van der Waals surface area contributed by atoms with Gasteiger partial charge in [0.15, 0.2) is 0 Å². The summed E-state index contributed by atoms with van der Waals surface area (Å²) >= 11 is 6.40. The molecule has 0 saturated carbocycles. The first-order valence-electron chi connectivity index (χ1n) is 10.8. The molecule has 1 fully saturated rings. The Morgan fingerprint density at radius 1 is 1.09 bits per heavy atom. The molecule has 2 heterocycles. The van der Waals surface area contributed by atoms with Gasteiger partial charge in [-0.2, -0.15) is 0 Å². The number of nitrogens with zero attached hydrogens (tertiary/aromatic N) is 3. The summed E-state index contributed by atoms with van der Waals surface area (Å²) in [5.74, 6) is 1.26. The highest BCUT2D eigenvalue weighted by molar-refractivity contribution is 6.33. The lowest BCUT2D eigenvalue weighted by molar-refractivity contribution is 0.152. The first kappa shape index (κ1) is 22.9. The Morgan fingerprint density at radius 2 is 1.91 bits per heavy atom. The molecule has 1 saturated heterocycles. The van der Waals surface area contributed by atoms with Gasteiger partial charge in [0.2, 0.25) is 0 Å². The summed E-state index contributed by atoms with van der Waals surface area (Å²) < 4.78 is 11.0. The Labute approximate surface area is 198 Å². The van der Waals surface area contributed by atoms with Crippen LogP contribution in [0.5, 0.6) is 5.75 Å². The number of aromatic nitrogens is 1. The van der Waals surface area contributed by atoms with Gasteiger partial charge in [-0.25, -0.2) is 9.78 Å². The highest BCUT2D eigenvalue weighted by atomic mass is 35.5. The van der Waals surface area contributed by atoms with E-state index >= 15 is 0 Å². The molecule has 0 atom stereocenters. The van der Waals surface area contributed by atoms with E-state index in [2.05, 4.69) is 15.2 Å². The third-order valence-electron chi connectivity index (χ3n) is 5.38. The molecule has 4 rings (SSSR count). The van der Waals surface area contributed by atoms with Gasteiger partial charge in [0.25, 0.3) is 0 Å². The van der Waals surface area contributed by atoms with Crippen LogP contribution in [-0.2, 0) is 4.74 Å². The van der Waals surface area contributed by atoms with Gasteiger partial charge >= 0.3 is 6.09 Å². The van der Waals surface area contributed by atoms with Crippen LogP contribution in [0.3, 0.4) is 0 Å². The molecule has 172 valence electrons. The van der Waals surface area contributed by atoms with E-state index in [-0.39, 0.29) is 0 Å². The van der Waals surface area contributed by atoms with Crippen molar-refractivity contribution in [3.8, 4) is 16.9 Å². The molecule has 2 aromatic carbocycles. The number of carbonyl (C=O) groups excluding carboxylic acids is 1. The maximum absolute atomic E-state index is 12.4. The topological polar surface area (TPSA) is 66.9 Å². The Kier molecular flexibility index (Phi) is 7.32. The van der Waals surface area contributed by atoms with Crippen LogP contribution in [-0.4, -0.2) is 51.5 Å². The van der Waals surface area contributed by atoms with Crippen LogP contribution in [0.2, 0.25) is 5.02 Å². The van der Waals surface area contributed by atoms with Crippen LogP contribution in [0, 0.1) is 0 Å². The molecule has 0 spiro atoms. The van der Waals surface area contributed by atoms with Crippen molar-refractivity contribution >= 4 is 34.9 Å². The number of carbonyl (C=O) groups is 1. The summed E-state index contributed by atoms with van der Waals surface area (Å²) in [6, 6.07) is 16.9. The van der Waals surface area contributed by atoms with Crippen LogP contribution in [0.15, 0.2) is 60.8 Å². The van der Waals surface area contributed by atoms with Gasteiger partial charge in [-0.15, -0.1) is 0 Å². The number of benzene rings is 2. The molecule has 0 unspecified atom stereocenters. The predicted molar refractivity (Wildman–Crippen MR) is 133 cm³/mol. The fraction of sp³-hybridized carbons (Fsp3) is 0.280. The van der Waals surface area contributed by atoms with Gasteiger partial charge in [-0.3, -0.25) is 5.32 Å². The van der Waals surface area contributed by atoms with Crippen LogP contribution in [0.4, 0.5) is 22.0 Å². The molecule has 3 aromatic rings. The number of halogens is 1. The molecule has 1 aromatic heterocycles. The second-order valence-corrected chi connectivity index (χ2v) is 8.36. The van der Waals surface area contributed by atoms with Gasteiger partial charge in [0, 0.05) is 50.1 Å². The standard InChI is InChI=1S/C25H27ClN4O3/c1-29(2)20-7-4-18(5-8-20)22-16-21(9-10-23(22)26)33-25(31)28-19-6-11-24(27-17-19)30-12-3-14-32-15-13-30/h4-11,16-17H,3,12-15H2,1-2H3,(H,28,31). The monoisotopic (exact) mass is 466 g/mol. The third kappa shape index (κ3) is 5.94. The summed E-state index contributed by atoms with van der Waals surface area (Å²) in [7, 11) is 3.98. The highest BCUT2D eigenvalue weighted by Gasteiger charge is 2.13. The molecule has 8 heteroatoms. The SMILES string of the molecule is CN(C)c1ccc(-c2cc(OC(=O)Nc3ccc(N4CCCOCC4)nc3)ccc2Cl)cc1. The summed E-state index contributed by atoms with van der Waals surface area (Å²) in [6.45, 7) is 3.17. The van der Waals surface area contributed by atoms with E-state index in [0.29, 0.717) is 23.1 Å². The van der Waals surface area contributed by atoms with E-state index in [1.54, 1.807) is 24.4 Å². The number of hydrogen-bond donors (Lipinski definition) is 1. The van der Waals surface area contributed by atoms with Crippen LogP contribution < -0.4 is 19.9 Å². The maximum Gasteiger partial charge on any atom is 0.417 e. The molecule has 0 bridgehead atoms. The van der Waals surface area contributed by atoms with Crippen molar-refractivity contribution in [2.75, 3.05) is 55.5 Å². The fourth-order valence-electron chi connectivity index (χ4n) is 3.60. The number of pyridine rings is 1. The van der Waals surface area contributed by atoms with Crippen LogP contribution in [0.25, 0.3) is 11.1 Å². The molecule has 0 radical (unpaired) electrons. The average Bonchev–Trinajstić information content (AvgIpc) is 3.10. The average molecular weight is 467 g/mol. The lowest BCUT2D eigenvalue weighted by Crippen LogP contribution is -2.26. The molecule has 0 aliphatic carbocycles. The highest BCUT2D eigenvalue weighted by Crippen LogP contribution is 2.32. The number of anilines is 3. The molecule has 7 nitrogen and oxygen atoms in total. The lowest BCUT2D eigenvalue weighted by atomic mass is 10.0. The van der Waals surface area contributed by atoms with Crippen molar-refractivity contribution in [3.05, 3.63) is 65.8 Å². The number of hydrogen-bond acceptors (Lipinski definition) is 6. The zero-order chi connectivity index (χ0) is 23.2. The number of ether oxygens (including phenoxy) is 2. The van der Waals surface area contributed by atoms with E-state index < -0.39 is 6.09 Å². The van der Waals surface area contributed by atoms with Crippen LogP contribution >= 0.6 is 11.6 Å². The van der Waals surface area contributed by atoms with Crippen molar-refractivity contribution < 1.29 is 14.3 Å². The molecule has 1 amide bonds. The van der Waals surface area contributed by atoms with Gasteiger partial charge in [0.05, 0.1) is 18.5 Å². The van der Waals surface area contributed by atoms with Crippen molar-refractivity contribution in [1.82, 2.24) is 4.98 Å². The van der Waals surface area contributed by atoms with Crippen LogP contribution in [0.1, 0.15) is 6.42 Å². The summed E-state index contributed by atoms with van der Waals surface area (Å²) in [5.41, 5.74) is 3.38. The third-order valence-corrected chi connectivity index (χ3v) is 5.71. The fourth-order valence-corrected chi connectivity index (χ4v) is 3.83. The number of nitrogens with one attached hydrogen (secondary N) is 1. The molecule has 1 N–H and O–H groups in total. The smallest absolute Gasteiger partial charge is 0.410 e. The molecular formula is C25H27ClN4O3. The van der Waals surface area contributed by atoms with Crippen molar-refractivity contribution in [2.45, 2.75) is 6.42 Å². The number of rotatable bonds is 5. The summed E-state index contributed by atoms with van der Waals surface area (Å²) in [6.07, 6.45) is 2.00. The quantitative estimate of drug-likeness (QED) is 0.550. The molecule has 1 aliphatic heterocycles. The second-order valence-electron chi connectivity index (χ2n) is 7.96. The number of amides is 1. The maximum atomic E-state index is 12.4.